The van der Waals surface area contributed by atoms with Crippen molar-refractivity contribution in [2.45, 2.75) is 45.1 Å². The van der Waals surface area contributed by atoms with E-state index in [4.69, 9.17) is 9.47 Å². The molecule has 2 aliphatic heterocycles. The number of pyridine rings is 1. The molecular weight excluding hydrogens is 428 g/mol. The molecule has 0 unspecified atom stereocenters. The van der Waals surface area contributed by atoms with Gasteiger partial charge in [-0.1, -0.05) is 31.0 Å². The summed E-state index contributed by atoms with van der Waals surface area (Å²) < 4.78 is 12.2. The zero-order valence-electron chi connectivity index (χ0n) is 20.4. The number of carbonyl (C=O) groups is 1. The topological polar surface area (TPSA) is 66.9 Å². The molecule has 0 saturated carbocycles. The minimum atomic E-state index is 0.102. The SMILES string of the molecule is CN1CCC(CNC(=O)CN2CCCCCCOc3ccccc3Oc3ncccc3C2)CC1. The highest BCUT2D eigenvalue weighted by Gasteiger charge is 2.19. The summed E-state index contributed by atoms with van der Waals surface area (Å²) in [7, 11) is 2.16. The highest BCUT2D eigenvalue weighted by molar-refractivity contribution is 5.78. The van der Waals surface area contributed by atoms with Gasteiger partial charge in [0, 0.05) is 24.8 Å². The van der Waals surface area contributed by atoms with Gasteiger partial charge in [-0.3, -0.25) is 9.69 Å². The highest BCUT2D eigenvalue weighted by Crippen LogP contribution is 2.32. The van der Waals surface area contributed by atoms with E-state index in [9.17, 15) is 4.79 Å². The van der Waals surface area contributed by atoms with Gasteiger partial charge in [0.1, 0.15) is 0 Å². The number of carbonyl (C=O) groups excluding carboxylic acids is 1. The second-order valence-corrected chi connectivity index (χ2v) is 9.54. The lowest BCUT2D eigenvalue weighted by Gasteiger charge is -2.29. The van der Waals surface area contributed by atoms with Crippen LogP contribution in [-0.4, -0.2) is 67.1 Å². The molecule has 184 valence electrons. The van der Waals surface area contributed by atoms with E-state index in [-0.39, 0.29) is 5.91 Å². The van der Waals surface area contributed by atoms with Crippen molar-refractivity contribution in [3.63, 3.8) is 0 Å². The molecule has 34 heavy (non-hydrogen) atoms. The number of rotatable bonds is 4. The third kappa shape index (κ3) is 7.43. The monoisotopic (exact) mass is 466 g/mol. The number of aromatic nitrogens is 1. The number of piperidine rings is 1. The summed E-state index contributed by atoms with van der Waals surface area (Å²) in [5.74, 6) is 2.65. The second kappa shape index (κ2) is 12.7. The fraction of sp³-hybridized carbons (Fsp3) is 0.556. The Morgan fingerprint density at radius 2 is 1.82 bits per heavy atom. The van der Waals surface area contributed by atoms with Crippen LogP contribution in [0.15, 0.2) is 42.6 Å². The Morgan fingerprint density at radius 3 is 2.68 bits per heavy atom. The van der Waals surface area contributed by atoms with E-state index in [0.29, 0.717) is 37.2 Å². The molecule has 0 aliphatic carbocycles. The lowest BCUT2D eigenvalue weighted by molar-refractivity contribution is -0.122. The predicted octanol–water partition coefficient (Wildman–Crippen LogP) is 4.09. The number of amides is 1. The number of nitrogens with zero attached hydrogens (tertiary/aromatic N) is 3. The number of likely N-dealkylation sites (tertiary alicyclic amines) is 1. The zero-order valence-corrected chi connectivity index (χ0v) is 20.4. The predicted molar refractivity (Wildman–Crippen MR) is 133 cm³/mol. The summed E-state index contributed by atoms with van der Waals surface area (Å²) >= 11 is 0. The van der Waals surface area contributed by atoms with Gasteiger partial charge < -0.3 is 19.7 Å². The van der Waals surface area contributed by atoms with E-state index in [1.54, 1.807) is 6.20 Å². The third-order valence-electron chi connectivity index (χ3n) is 6.72. The normalized spacial score (nSPS) is 19.1. The van der Waals surface area contributed by atoms with Gasteiger partial charge in [0.2, 0.25) is 11.8 Å². The number of benzene rings is 1. The fourth-order valence-corrected chi connectivity index (χ4v) is 4.61. The lowest BCUT2D eigenvalue weighted by atomic mass is 9.97. The van der Waals surface area contributed by atoms with Crippen LogP contribution in [0, 0.1) is 5.92 Å². The van der Waals surface area contributed by atoms with Crippen LogP contribution in [0.5, 0.6) is 17.4 Å². The van der Waals surface area contributed by atoms with Gasteiger partial charge in [0.15, 0.2) is 11.5 Å². The Hall–Kier alpha value is -2.64. The van der Waals surface area contributed by atoms with Crippen molar-refractivity contribution in [2.24, 2.45) is 5.92 Å². The first-order valence-electron chi connectivity index (χ1n) is 12.7. The number of hydrogen-bond donors (Lipinski definition) is 1. The Morgan fingerprint density at radius 1 is 1.03 bits per heavy atom. The van der Waals surface area contributed by atoms with Crippen molar-refractivity contribution in [1.82, 2.24) is 20.1 Å². The molecule has 1 aromatic heterocycles. The van der Waals surface area contributed by atoms with E-state index in [1.807, 2.05) is 36.4 Å². The molecule has 0 spiro atoms. The minimum absolute atomic E-state index is 0.102. The fourth-order valence-electron chi connectivity index (χ4n) is 4.61. The number of fused-ring (bicyclic) bond motifs is 2. The van der Waals surface area contributed by atoms with Crippen LogP contribution in [0.25, 0.3) is 0 Å². The molecule has 7 nitrogen and oxygen atoms in total. The summed E-state index contributed by atoms with van der Waals surface area (Å²) in [6, 6.07) is 11.7. The molecule has 1 saturated heterocycles. The second-order valence-electron chi connectivity index (χ2n) is 9.54. The van der Waals surface area contributed by atoms with E-state index in [2.05, 4.69) is 27.1 Å². The van der Waals surface area contributed by atoms with Gasteiger partial charge in [-0.05, 0) is 76.5 Å². The molecule has 2 aliphatic rings. The smallest absolute Gasteiger partial charge is 0.234 e. The molecule has 1 aromatic carbocycles. The molecule has 7 heteroatoms. The summed E-state index contributed by atoms with van der Waals surface area (Å²) in [5, 5.41) is 3.19. The van der Waals surface area contributed by atoms with Crippen LogP contribution in [0.2, 0.25) is 0 Å². The van der Waals surface area contributed by atoms with Crippen molar-refractivity contribution >= 4 is 5.91 Å². The molecular formula is C27H38N4O3. The van der Waals surface area contributed by atoms with Crippen molar-refractivity contribution in [3.05, 3.63) is 48.2 Å². The van der Waals surface area contributed by atoms with Gasteiger partial charge in [0.25, 0.3) is 0 Å². The van der Waals surface area contributed by atoms with Gasteiger partial charge in [-0.2, -0.15) is 0 Å². The Kier molecular flexibility index (Phi) is 9.16. The summed E-state index contributed by atoms with van der Waals surface area (Å²) in [5.41, 5.74) is 0.970. The van der Waals surface area contributed by atoms with E-state index >= 15 is 0 Å². The highest BCUT2D eigenvalue weighted by atomic mass is 16.5. The van der Waals surface area contributed by atoms with Crippen LogP contribution >= 0.6 is 0 Å². The quantitative estimate of drug-likeness (QED) is 0.732. The van der Waals surface area contributed by atoms with Crippen LogP contribution in [0.1, 0.15) is 44.1 Å². The summed E-state index contributed by atoms with van der Waals surface area (Å²) in [6.45, 7) is 5.55. The first kappa shape index (κ1) is 24.5. The number of ether oxygens (including phenoxy) is 2. The molecule has 4 rings (SSSR count). The van der Waals surface area contributed by atoms with Crippen LogP contribution in [0.4, 0.5) is 0 Å². The van der Waals surface area contributed by atoms with E-state index in [0.717, 1.165) is 76.0 Å². The third-order valence-corrected chi connectivity index (χ3v) is 6.72. The Balaban J connectivity index is 1.42. The number of hydrogen-bond acceptors (Lipinski definition) is 6. The lowest BCUT2D eigenvalue weighted by Crippen LogP contribution is -2.41. The first-order valence-corrected chi connectivity index (χ1v) is 12.7. The molecule has 1 fully saturated rings. The van der Waals surface area contributed by atoms with Gasteiger partial charge in [-0.15, -0.1) is 0 Å². The molecule has 1 N–H and O–H groups in total. The van der Waals surface area contributed by atoms with Crippen molar-refractivity contribution < 1.29 is 14.3 Å². The molecule has 0 atom stereocenters. The Bertz CT molecular complexity index is 914. The van der Waals surface area contributed by atoms with Gasteiger partial charge >= 0.3 is 0 Å². The molecule has 2 aromatic rings. The summed E-state index contributed by atoms with van der Waals surface area (Å²) in [6.07, 6.45) is 8.33. The number of nitrogens with one attached hydrogen (secondary N) is 1. The average molecular weight is 467 g/mol. The first-order chi connectivity index (χ1) is 16.7. The standard InChI is InChI=1S/C27H38N4O3/c1-30-16-12-22(13-17-30)19-29-26(32)21-31-15-6-2-3-7-18-33-24-10-4-5-11-25(24)34-27-23(20-31)9-8-14-28-27/h4-5,8-11,14,22H,2-3,6-7,12-13,15-21H2,1H3,(H,29,32). The van der Waals surface area contributed by atoms with E-state index < -0.39 is 0 Å². The van der Waals surface area contributed by atoms with Gasteiger partial charge in [0.05, 0.1) is 13.2 Å². The Labute approximate surface area is 203 Å². The maximum absolute atomic E-state index is 12.8. The van der Waals surface area contributed by atoms with Crippen LogP contribution in [-0.2, 0) is 11.3 Å². The molecule has 3 heterocycles. The number of para-hydroxylation sites is 2. The molecule has 0 radical (unpaired) electrons. The maximum atomic E-state index is 12.8. The minimum Gasteiger partial charge on any atom is -0.490 e. The van der Waals surface area contributed by atoms with E-state index in [1.165, 1.54) is 0 Å². The maximum Gasteiger partial charge on any atom is 0.234 e. The van der Waals surface area contributed by atoms with Crippen LogP contribution in [0.3, 0.4) is 0 Å². The zero-order chi connectivity index (χ0) is 23.6. The van der Waals surface area contributed by atoms with Crippen LogP contribution < -0.4 is 14.8 Å². The summed E-state index contributed by atoms with van der Waals surface area (Å²) in [4.78, 5) is 21.9. The average Bonchev–Trinajstić information content (AvgIpc) is 2.85. The molecule has 1 amide bonds. The van der Waals surface area contributed by atoms with Crippen molar-refractivity contribution in [2.75, 3.05) is 46.4 Å². The largest absolute Gasteiger partial charge is 0.490 e. The van der Waals surface area contributed by atoms with Crippen molar-refractivity contribution in [1.29, 1.82) is 0 Å². The van der Waals surface area contributed by atoms with Gasteiger partial charge in [-0.25, -0.2) is 4.98 Å². The van der Waals surface area contributed by atoms with Crippen molar-refractivity contribution in [3.8, 4) is 17.4 Å². The molecule has 0 bridgehead atoms.